The Labute approximate surface area is 180 Å². The fourth-order valence-corrected chi connectivity index (χ4v) is 3.68. The molecule has 0 radical (unpaired) electrons. The lowest BCUT2D eigenvalue weighted by Gasteiger charge is -2.25. The molecule has 2 N–H and O–H groups in total. The van der Waals surface area contributed by atoms with E-state index in [1.807, 2.05) is 24.3 Å². The highest BCUT2D eigenvalue weighted by Crippen LogP contribution is 2.31. The Hall–Kier alpha value is -2.17. The molecule has 5 nitrogen and oxygen atoms in total. The minimum atomic E-state index is -0.952. The number of carbonyl (C=O) groups is 3. The van der Waals surface area contributed by atoms with Gasteiger partial charge in [-0.05, 0) is 56.1 Å². The number of hydrogen-bond acceptors (Lipinski definition) is 3. The van der Waals surface area contributed by atoms with E-state index < -0.39 is 17.4 Å². The molecule has 5 heteroatoms. The van der Waals surface area contributed by atoms with Gasteiger partial charge in [0, 0.05) is 12.8 Å². The summed E-state index contributed by atoms with van der Waals surface area (Å²) in [5.41, 5.74) is 1.07. The van der Waals surface area contributed by atoms with Gasteiger partial charge in [-0.25, -0.2) is 0 Å². The topological polar surface area (TPSA) is 91.7 Å². The summed E-state index contributed by atoms with van der Waals surface area (Å²) in [6, 6.07) is 7.89. The maximum Gasteiger partial charge on any atom is 0.313 e. The second-order valence-corrected chi connectivity index (χ2v) is 9.16. The first-order chi connectivity index (χ1) is 14.1. The quantitative estimate of drug-likeness (QED) is 0.360. The third kappa shape index (κ3) is 8.68. The summed E-state index contributed by atoms with van der Waals surface area (Å²) in [5, 5.41) is 18.7. The summed E-state index contributed by atoms with van der Waals surface area (Å²) < 4.78 is 0. The third-order valence-corrected chi connectivity index (χ3v) is 5.85. The van der Waals surface area contributed by atoms with Crippen molar-refractivity contribution in [3.8, 4) is 0 Å². The zero-order valence-corrected chi connectivity index (χ0v) is 18.9. The predicted octanol–water partition coefficient (Wildman–Crippen LogP) is 5.64. The summed E-state index contributed by atoms with van der Waals surface area (Å²) in [7, 11) is 0. The van der Waals surface area contributed by atoms with Gasteiger partial charge in [0.1, 0.15) is 5.78 Å². The predicted molar refractivity (Wildman–Crippen MR) is 119 cm³/mol. The zero-order valence-electron chi connectivity index (χ0n) is 18.9. The van der Waals surface area contributed by atoms with Crippen LogP contribution in [0.15, 0.2) is 24.3 Å². The number of ketones is 1. The van der Waals surface area contributed by atoms with E-state index in [0.717, 1.165) is 18.4 Å². The summed E-state index contributed by atoms with van der Waals surface area (Å²) in [5.74, 6) is -1.27. The van der Waals surface area contributed by atoms with Gasteiger partial charge >= 0.3 is 11.9 Å². The van der Waals surface area contributed by atoms with Crippen LogP contribution >= 0.6 is 0 Å². The molecule has 30 heavy (non-hydrogen) atoms. The molecule has 0 saturated heterocycles. The lowest BCUT2D eigenvalue weighted by Crippen LogP contribution is -2.32. The molecular formula is C25H38O5. The Bertz CT molecular complexity index is 692. The van der Waals surface area contributed by atoms with Crippen molar-refractivity contribution in [3.05, 3.63) is 35.4 Å². The van der Waals surface area contributed by atoms with Gasteiger partial charge in [-0.15, -0.1) is 0 Å². The van der Waals surface area contributed by atoms with Gasteiger partial charge in [-0.1, -0.05) is 57.9 Å². The van der Waals surface area contributed by atoms with Crippen molar-refractivity contribution in [2.45, 2.75) is 90.9 Å². The minimum Gasteiger partial charge on any atom is -0.481 e. The molecule has 0 fully saturated rings. The number of unbranched alkanes of at least 4 members (excludes halogenated alkanes) is 2. The van der Waals surface area contributed by atoms with Gasteiger partial charge in [-0.2, -0.15) is 0 Å². The number of Topliss-reactive ketones (excluding diaryl/α,β-unsaturated/α-hetero) is 1. The molecular weight excluding hydrogens is 380 g/mol. The molecule has 2 atom stereocenters. The van der Waals surface area contributed by atoms with Crippen LogP contribution in [-0.2, 0) is 26.2 Å². The SMILES string of the molecule is CC(C)Cc1ccc([C@](C)(CCCCC(=O)CCCCC(C)C(=O)O)C(=O)O)cc1. The van der Waals surface area contributed by atoms with Crippen LogP contribution in [0, 0.1) is 11.8 Å². The Morgan fingerprint density at radius 2 is 1.47 bits per heavy atom. The molecule has 1 aromatic rings. The number of carboxylic acids is 2. The van der Waals surface area contributed by atoms with Crippen molar-refractivity contribution in [1.82, 2.24) is 0 Å². The molecule has 168 valence electrons. The second kappa shape index (κ2) is 12.5. The Morgan fingerprint density at radius 1 is 0.900 bits per heavy atom. The average Bonchev–Trinajstić information content (AvgIpc) is 2.68. The van der Waals surface area contributed by atoms with Gasteiger partial charge < -0.3 is 10.2 Å². The van der Waals surface area contributed by atoms with Crippen molar-refractivity contribution in [2.75, 3.05) is 0 Å². The van der Waals surface area contributed by atoms with Gasteiger partial charge in [0.25, 0.3) is 0 Å². The average molecular weight is 419 g/mol. The molecule has 0 aliphatic rings. The lowest BCUT2D eigenvalue weighted by molar-refractivity contribution is -0.143. The number of aliphatic carboxylic acids is 2. The molecule has 0 amide bonds. The van der Waals surface area contributed by atoms with Crippen LogP contribution in [0.1, 0.15) is 90.2 Å². The van der Waals surface area contributed by atoms with Gasteiger partial charge in [0.15, 0.2) is 0 Å². The Balaban J connectivity index is 2.45. The highest BCUT2D eigenvalue weighted by Gasteiger charge is 2.34. The molecule has 0 bridgehead atoms. The standard InChI is InChI=1S/C25H38O5/c1-18(2)17-20-12-14-21(15-13-20)25(4,24(29)30)16-8-7-11-22(26)10-6-5-9-19(3)23(27)28/h12-15,18-19H,5-11,16-17H2,1-4H3,(H,27,28)(H,29,30)/t19?,25-/m0/s1. The number of benzene rings is 1. The van der Waals surface area contributed by atoms with E-state index in [0.29, 0.717) is 50.9 Å². The van der Waals surface area contributed by atoms with E-state index in [9.17, 15) is 19.5 Å². The number of hydrogen-bond donors (Lipinski definition) is 2. The van der Waals surface area contributed by atoms with Crippen LogP contribution in [0.3, 0.4) is 0 Å². The second-order valence-electron chi connectivity index (χ2n) is 9.16. The third-order valence-electron chi connectivity index (χ3n) is 5.85. The maximum absolute atomic E-state index is 12.0. The first kappa shape index (κ1) is 25.9. The normalized spacial score (nSPS) is 14.3. The van der Waals surface area contributed by atoms with Crippen LogP contribution in [0.4, 0.5) is 0 Å². The largest absolute Gasteiger partial charge is 0.481 e. The van der Waals surface area contributed by atoms with Crippen LogP contribution in [0.5, 0.6) is 0 Å². The van der Waals surface area contributed by atoms with E-state index >= 15 is 0 Å². The summed E-state index contributed by atoms with van der Waals surface area (Å²) in [6.45, 7) is 7.76. The molecule has 0 spiro atoms. The van der Waals surface area contributed by atoms with Gasteiger partial charge in [0.2, 0.25) is 0 Å². The molecule has 1 unspecified atom stereocenters. The summed E-state index contributed by atoms with van der Waals surface area (Å²) in [4.78, 5) is 34.8. The van der Waals surface area contributed by atoms with Crippen molar-refractivity contribution in [2.24, 2.45) is 11.8 Å². The minimum absolute atomic E-state index is 0.174. The van der Waals surface area contributed by atoms with Crippen LogP contribution in [0.25, 0.3) is 0 Å². The molecule has 1 rings (SSSR count). The number of carbonyl (C=O) groups excluding carboxylic acids is 1. The van der Waals surface area contributed by atoms with Crippen molar-refractivity contribution < 1.29 is 24.6 Å². The number of carboxylic acid groups (broad SMARTS) is 2. The van der Waals surface area contributed by atoms with Crippen LogP contribution in [-0.4, -0.2) is 27.9 Å². The van der Waals surface area contributed by atoms with E-state index in [-0.39, 0.29) is 11.7 Å². The van der Waals surface area contributed by atoms with E-state index in [2.05, 4.69) is 13.8 Å². The fourth-order valence-electron chi connectivity index (χ4n) is 3.68. The Morgan fingerprint density at radius 3 is 1.97 bits per heavy atom. The first-order valence-electron chi connectivity index (χ1n) is 11.1. The first-order valence-corrected chi connectivity index (χ1v) is 11.1. The molecule has 1 aromatic carbocycles. The van der Waals surface area contributed by atoms with Crippen molar-refractivity contribution in [3.63, 3.8) is 0 Å². The van der Waals surface area contributed by atoms with Gasteiger partial charge in [0.05, 0.1) is 11.3 Å². The molecule has 0 aliphatic carbocycles. The highest BCUT2D eigenvalue weighted by molar-refractivity contribution is 5.81. The smallest absolute Gasteiger partial charge is 0.313 e. The molecule has 0 aliphatic heterocycles. The summed E-state index contributed by atoms with van der Waals surface area (Å²) in [6.07, 6.45) is 5.80. The van der Waals surface area contributed by atoms with Gasteiger partial charge in [-0.3, -0.25) is 14.4 Å². The lowest BCUT2D eigenvalue weighted by atomic mass is 9.77. The van der Waals surface area contributed by atoms with E-state index in [1.165, 1.54) is 5.56 Å². The van der Waals surface area contributed by atoms with Crippen LogP contribution in [0.2, 0.25) is 0 Å². The molecule has 0 saturated carbocycles. The Kier molecular flexibility index (Phi) is 10.8. The summed E-state index contributed by atoms with van der Waals surface area (Å²) >= 11 is 0. The fraction of sp³-hybridized carbons (Fsp3) is 0.640. The van der Waals surface area contributed by atoms with Crippen molar-refractivity contribution in [1.29, 1.82) is 0 Å². The molecule has 0 heterocycles. The maximum atomic E-state index is 12.0. The van der Waals surface area contributed by atoms with E-state index in [4.69, 9.17) is 5.11 Å². The highest BCUT2D eigenvalue weighted by atomic mass is 16.4. The molecule has 0 aromatic heterocycles. The monoisotopic (exact) mass is 418 g/mol. The zero-order chi connectivity index (χ0) is 22.7. The van der Waals surface area contributed by atoms with Crippen molar-refractivity contribution >= 4 is 17.7 Å². The van der Waals surface area contributed by atoms with E-state index in [1.54, 1.807) is 13.8 Å². The number of rotatable bonds is 15. The van der Waals surface area contributed by atoms with Crippen LogP contribution < -0.4 is 0 Å².